The minimum absolute atomic E-state index is 0.00468. The fraction of sp³-hybridized carbons (Fsp3) is 0.375. The number of halogens is 2. The van der Waals surface area contributed by atoms with Gasteiger partial charge in [-0.05, 0) is 57.7 Å². The van der Waals surface area contributed by atoms with Gasteiger partial charge in [0, 0.05) is 22.7 Å². The van der Waals surface area contributed by atoms with Crippen molar-refractivity contribution in [2.24, 2.45) is 4.99 Å². The molecule has 4 nitrogen and oxygen atoms in total. The van der Waals surface area contributed by atoms with Crippen molar-refractivity contribution < 1.29 is 9.90 Å². The van der Waals surface area contributed by atoms with E-state index in [1.807, 2.05) is 27.7 Å². The summed E-state index contributed by atoms with van der Waals surface area (Å²) in [6.07, 6.45) is 1.60. The lowest BCUT2D eigenvalue weighted by molar-refractivity contribution is -0.123. The number of phenolic OH excluding ortho intramolecular Hbond substituents is 1. The van der Waals surface area contributed by atoms with Crippen LogP contribution in [0.15, 0.2) is 22.0 Å². The number of nitrogens with zero attached hydrogens (tertiary/aromatic N) is 2. The molecule has 1 N–H and O–H groups in total. The van der Waals surface area contributed by atoms with Crippen molar-refractivity contribution >= 4 is 52.1 Å². The molecule has 1 heterocycles. The summed E-state index contributed by atoms with van der Waals surface area (Å²) in [5, 5.41) is 11.3. The number of phenols is 1. The molecule has 0 unspecified atom stereocenters. The number of aromatic hydroxyl groups is 1. The van der Waals surface area contributed by atoms with Crippen molar-refractivity contribution in [2.45, 2.75) is 39.8 Å². The smallest absolute Gasteiger partial charge is 0.266 e. The zero-order valence-electron chi connectivity index (χ0n) is 13.3. The molecule has 124 valence electrons. The fourth-order valence-electron chi connectivity index (χ4n) is 2.09. The molecule has 0 aliphatic carbocycles. The van der Waals surface area contributed by atoms with E-state index in [1.54, 1.807) is 17.0 Å². The van der Waals surface area contributed by atoms with Crippen molar-refractivity contribution in [3.05, 3.63) is 32.6 Å². The molecule has 1 amide bonds. The first-order chi connectivity index (χ1) is 10.7. The van der Waals surface area contributed by atoms with Crippen LogP contribution in [0.3, 0.4) is 0 Å². The zero-order chi connectivity index (χ0) is 17.3. The molecular weight excluding hydrogens is 355 g/mol. The van der Waals surface area contributed by atoms with Gasteiger partial charge in [0.05, 0.1) is 9.93 Å². The molecule has 1 aromatic rings. The molecule has 2 rings (SSSR count). The second-order valence-electron chi connectivity index (χ2n) is 5.71. The lowest BCUT2D eigenvalue weighted by atomic mass is 10.2. The van der Waals surface area contributed by atoms with Gasteiger partial charge in [-0.2, -0.15) is 0 Å². The molecule has 0 spiro atoms. The Labute approximate surface area is 150 Å². The highest BCUT2D eigenvalue weighted by atomic mass is 35.5. The maximum atomic E-state index is 12.6. The molecule has 1 aromatic carbocycles. The molecule has 7 heteroatoms. The van der Waals surface area contributed by atoms with Crippen molar-refractivity contribution in [3.63, 3.8) is 0 Å². The molecule has 1 saturated heterocycles. The Bertz CT molecular complexity index is 700. The Morgan fingerprint density at radius 2 is 1.91 bits per heavy atom. The number of aliphatic imine (C=N–C) groups is 1. The van der Waals surface area contributed by atoms with Crippen molar-refractivity contribution in [2.75, 3.05) is 0 Å². The Balaban J connectivity index is 2.47. The second kappa shape index (κ2) is 7.16. The SMILES string of the molecule is CC(C)N=C1S/C(=C/c2cc(Cl)cc(Cl)c2O)C(=O)N1C(C)C. The normalized spacial score (nSPS) is 19.0. The maximum Gasteiger partial charge on any atom is 0.266 e. The average Bonchev–Trinajstić information content (AvgIpc) is 2.70. The summed E-state index contributed by atoms with van der Waals surface area (Å²) in [4.78, 5) is 19.3. The summed E-state index contributed by atoms with van der Waals surface area (Å²) >= 11 is 13.2. The fourth-order valence-corrected chi connectivity index (χ4v) is 3.82. The second-order valence-corrected chi connectivity index (χ2v) is 7.56. The molecule has 0 aromatic heterocycles. The van der Waals surface area contributed by atoms with Crippen LogP contribution in [0.2, 0.25) is 10.0 Å². The first-order valence-electron chi connectivity index (χ1n) is 7.19. The molecule has 0 bridgehead atoms. The third-order valence-electron chi connectivity index (χ3n) is 3.07. The van der Waals surface area contributed by atoms with E-state index >= 15 is 0 Å². The van der Waals surface area contributed by atoms with Crippen LogP contribution in [-0.4, -0.2) is 33.2 Å². The number of amidine groups is 1. The van der Waals surface area contributed by atoms with Crippen LogP contribution >= 0.6 is 35.0 Å². The number of carbonyl (C=O) groups excluding carboxylic acids is 1. The molecular formula is C16H18Cl2N2O2S. The van der Waals surface area contributed by atoms with E-state index < -0.39 is 0 Å². The number of hydrogen-bond acceptors (Lipinski definition) is 4. The van der Waals surface area contributed by atoms with Gasteiger partial charge in [0.2, 0.25) is 0 Å². The Kier molecular flexibility index (Phi) is 5.65. The lowest BCUT2D eigenvalue weighted by Crippen LogP contribution is -2.35. The Hall–Kier alpha value is -1.17. The van der Waals surface area contributed by atoms with Crippen LogP contribution in [0.5, 0.6) is 5.75 Å². The van der Waals surface area contributed by atoms with Crippen molar-refractivity contribution in [1.29, 1.82) is 0 Å². The van der Waals surface area contributed by atoms with Crippen LogP contribution in [-0.2, 0) is 4.79 Å². The van der Waals surface area contributed by atoms with Gasteiger partial charge in [0.25, 0.3) is 5.91 Å². The average molecular weight is 373 g/mol. The quantitative estimate of drug-likeness (QED) is 0.776. The predicted molar refractivity (Wildman–Crippen MR) is 98.2 cm³/mol. The maximum absolute atomic E-state index is 12.6. The van der Waals surface area contributed by atoms with Gasteiger partial charge in [-0.1, -0.05) is 23.2 Å². The van der Waals surface area contributed by atoms with E-state index in [2.05, 4.69) is 4.99 Å². The molecule has 1 aliphatic heterocycles. The third kappa shape index (κ3) is 4.03. The zero-order valence-corrected chi connectivity index (χ0v) is 15.6. The van der Waals surface area contributed by atoms with E-state index in [1.165, 1.54) is 17.8 Å². The standard InChI is InChI=1S/C16H18Cl2N2O2S/c1-8(2)19-16-20(9(3)4)15(22)13(23-16)6-10-5-11(17)7-12(18)14(10)21/h5-9,21H,1-4H3/b13-6+,19-16?. The number of carbonyl (C=O) groups is 1. The van der Waals surface area contributed by atoms with Crippen molar-refractivity contribution in [1.82, 2.24) is 4.90 Å². The van der Waals surface area contributed by atoms with Crippen LogP contribution in [0.1, 0.15) is 33.3 Å². The van der Waals surface area contributed by atoms with E-state index in [0.29, 0.717) is 20.7 Å². The summed E-state index contributed by atoms with van der Waals surface area (Å²) in [6.45, 7) is 7.79. The van der Waals surface area contributed by atoms with Crippen LogP contribution in [0, 0.1) is 0 Å². The number of thioether (sulfide) groups is 1. The summed E-state index contributed by atoms with van der Waals surface area (Å²) in [7, 11) is 0. The summed E-state index contributed by atoms with van der Waals surface area (Å²) in [5.74, 6) is -0.234. The first-order valence-corrected chi connectivity index (χ1v) is 8.77. The largest absolute Gasteiger partial charge is 0.506 e. The number of hydrogen-bond donors (Lipinski definition) is 1. The molecule has 1 fully saturated rings. The van der Waals surface area contributed by atoms with E-state index in [-0.39, 0.29) is 28.8 Å². The number of benzene rings is 1. The van der Waals surface area contributed by atoms with E-state index in [4.69, 9.17) is 23.2 Å². The van der Waals surface area contributed by atoms with Crippen LogP contribution < -0.4 is 0 Å². The van der Waals surface area contributed by atoms with Gasteiger partial charge in [-0.3, -0.25) is 14.7 Å². The predicted octanol–water partition coefficient (Wildman–Crippen LogP) is 4.79. The molecule has 1 aliphatic rings. The minimum atomic E-state index is -0.139. The van der Waals surface area contributed by atoms with Crippen LogP contribution in [0.25, 0.3) is 6.08 Å². The Morgan fingerprint density at radius 1 is 1.26 bits per heavy atom. The Morgan fingerprint density at radius 3 is 2.48 bits per heavy atom. The summed E-state index contributed by atoms with van der Waals surface area (Å²) in [5.41, 5.74) is 0.410. The highest BCUT2D eigenvalue weighted by Gasteiger charge is 2.35. The molecule has 0 atom stereocenters. The highest BCUT2D eigenvalue weighted by molar-refractivity contribution is 8.18. The van der Waals surface area contributed by atoms with Crippen molar-refractivity contribution in [3.8, 4) is 5.75 Å². The highest BCUT2D eigenvalue weighted by Crippen LogP contribution is 2.38. The summed E-state index contributed by atoms with van der Waals surface area (Å²) in [6, 6.07) is 3.10. The van der Waals surface area contributed by atoms with Gasteiger partial charge in [0.15, 0.2) is 5.17 Å². The first kappa shape index (κ1) is 18.2. The van der Waals surface area contributed by atoms with Gasteiger partial charge < -0.3 is 5.11 Å². The van der Waals surface area contributed by atoms with Gasteiger partial charge in [-0.25, -0.2) is 0 Å². The topological polar surface area (TPSA) is 52.9 Å². The molecule has 23 heavy (non-hydrogen) atoms. The minimum Gasteiger partial charge on any atom is -0.506 e. The lowest BCUT2D eigenvalue weighted by Gasteiger charge is -2.20. The summed E-state index contributed by atoms with van der Waals surface area (Å²) < 4.78 is 0. The van der Waals surface area contributed by atoms with Gasteiger partial charge in [0.1, 0.15) is 5.75 Å². The van der Waals surface area contributed by atoms with Crippen LogP contribution in [0.4, 0.5) is 0 Å². The monoisotopic (exact) mass is 372 g/mol. The number of amides is 1. The van der Waals surface area contributed by atoms with Gasteiger partial charge >= 0.3 is 0 Å². The van der Waals surface area contributed by atoms with E-state index in [0.717, 1.165) is 0 Å². The van der Waals surface area contributed by atoms with Gasteiger partial charge in [-0.15, -0.1) is 0 Å². The van der Waals surface area contributed by atoms with E-state index in [9.17, 15) is 9.90 Å². The molecule has 0 radical (unpaired) electrons. The number of rotatable bonds is 3. The third-order valence-corrected chi connectivity index (χ3v) is 4.57. The molecule has 0 saturated carbocycles.